The van der Waals surface area contributed by atoms with Crippen LogP contribution in [0.25, 0.3) is 0 Å². The summed E-state index contributed by atoms with van der Waals surface area (Å²) in [5.41, 5.74) is 0. The zero-order valence-electron chi connectivity index (χ0n) is 9.18. The Balaban J connectivity index is 2.07. The van der Waals surface area contributed by atoms with Gasteiger partial charge in [0, 0.05) is 12.6 Å². The third-order valence-corrected chi connectivity index (χ3v) is 2.41. The molecular formula is C11H23NO. The smallest absolute Gasteiger partial charge is 0.0622 e. The van der Waals surface area contributed by atoms with Gasteiger partial charge in [0.25, 0.3) is 0 Å². The molecule has 0 aliphatic heterocycles. The average Bonchev–Trinajstić information content (AvgIpc) is 2.84. The van der Waals surface area contributed by atoms with Crippen molar-refractivity contribution in [3.05, 3.63) is 0 Å². The van der Waals surface area contributed by atoms with Crippen LogP contribution in [0.4, 0.5) is 0 Å². The number of hydrogen-bond donors (Lipinski definition) is 1. The first-order valence-corrected chi connectivity index (χ1v) is 5.55. The van der Waals surface area contributed by atoms with E-state index in [0.29, 0.717) is 12.0 Å². The van der Waals surface area contributed by atoms with Gasteiger partial charge >= 0.3 is 0 Å². The van der Waals surface area contributed by atoms with Gasteiger partial charge in [-0.2, -0.15) is 0 Å². The predicted molar refractivity (Wildman–Crippen MR) is 55.8 cm³/mol. The highest BCUT2D eigenvalue weighted by atomic mass is 16.5. The van der Waals surface area contributed by atoms with Gasteiger partial charge in [-0.25, -0.2) is 0 Å². The minimum absolute atomic E-state index is 0.615. The first kappa shape index (κ1) is 11.0. The molecule has 0 aromatic carbocycles. The molecule has 1 rings (SSSR count). The molecule has 0 heterocycles. The highest BCUT2D eigenvalue weighted by Crippen LogP contribution is 2.32. The summed E-state index contributed by atoms with van der Waals surface area (Å²) in [6.45, 7) is 9.41. The van der Waals surface area contributed by atoms with Crippen LogP contribution >= 0.6 is 0 Å². The van der Waals surface area contributed by atoms with E-state index in [4.69, 9.17) is 4.74 Å². The summed E-state index contributed by atoms with van der Waals surface area (Å²) < 4.78 is 5.65. The van der Waals surface area contributed by atoms with Crippen molar-refractivity contribution in [1.29, 1.82) is 0 Å². The van der Waals surface area contributed by atoms with Crippen LogP contribution in [0.5, 0.6) is 0 Å². The zero-order chi connectivity index (χ0) is 9.68. The van der Waals surface area contributed by atoms with E-state index in [0.717, 1.165) is 25.7 Å². The quantitative estimate of drug-likeness (QED) is 0.655. The lowest BCUT2D eigenvalue weighted by Gasteiger charge is -2.17. The Kier molecular flexibility index (Phi) is 4.74. The molecule has 1 fully saturated rings. The van der Waals surface area contributed by atoms with Crippen LogP contribution in [-0.2, 0) is 4.74 Å². The fourth-order valence-corrected chi connectivity index (χ4v) is 1.55. The third kappa shape index (κ3) is 4.63. The maximum Gasteiger partial charge on any atom is 0.0622 e. The Morgan fingerprint density at radius 3 is 2.46 bits per heavy atom. The molecule has 0 saturated heterocycles. The number of nitrogens with one attached hydrogen (secondary N) is 1. The van der Waals surface area contributed by atoms with E-state index in [2.05, 4.69) is 26.1 Å². The van der Waals surface area contributed by atoms with Crippen LogP contribution in [-0.4, -0.2) is 25.8 Å². The first-order chi connectivity index (χ1) is 6.24. The Morgan fingerprint density at radius 2 is 2.00 bits per heavy atom. The van der Waals surface area contributed by atoms with Gasteiger partial charge in [-0.05, 0) is 31.2 Å². The normalized spacial score (nSPS) is 19.4. The van der Waals surface area contributed by atoms with E-state index in [9.17, 15) is 0 Å². The molecule has 1 saturated carbocycles. The molecule has 78 valence electrons. The van der Waals surface area contributed by atoms with Gasteiger partial charge in [-0.1, -0.05) is 20.8 Å². The van der Waals surface area contributed by atoms with Crippen molar-refractivity contribution < 1.29 is 4.74 Å². The number of ether oxygens (including phenoxy) is 1. The maximum absolute atomic E-state index is 5.65. The van der Waals surface area contributed by atoms with Crippen LogP contribution in [0.3, 0.4) is 0 Å². The molecule has 1 atom stereocenters. The summed E-state index contributed by atoms with van der Waals surface area (Å²) >= 11 is 0. The highest BCUT2D eigenvalue weighted by Gasteiger charge is 2.30. The summed E-state index contributed by atoms with van der Waals surface area (Å²) in [6.07, 6.45) is 2.78. The molecule has 2 heteroatoms. The summed E-state index contributed by atoms with van der Waals surface area (Å²) in [6, 6.07) is 0.615. The second-order valence-corrected chi connectivity index (χ2v) is 4.43. The lowest BCUT2D eigenvalue weighted by molar-refractivity contribution is 0.0855. The fraction of sp³-hybridized carbons (Fsp3) is 1.00. The van der Waals surface area contributed by atoms with E-state index in [-0.39, 0.29) is 0 Å². The summed E-state index contributed by atoms with van der Waals surface area (Å²) in [7, 11) is 0. The summed E-state index contributed by atoms with van der Waals surface area (Å²) in [4.78, 5) is 0. The minimum Gasteiger partial charge on any atom is -0.380 e. The molecule has 0 bridgehead atoms. The molecule has 0 aromatic heterocycles. The van der Waals surface area contributed by atoms with Crippen molar-refractivity contribution in [2.45, 2.75) is 39.7 Å². The van der Waals surface area contributed by atoms with Crippen molar-refractivity contribution in [1.82, 2.24) is 5.32 Å². The van der Waals surface area contributed by atoms with E-state index < -0.39 is 0 Å². The fourth-order valence-electron chi connectivity index (χ4n) is 1.55. The zero-order valence-corrected chi connectivity index (χ0v) is 9.18. The van der Waals surface area contributed by atoms with Crippen LogP contribution in [0.1, 0.15) is 33.6 Å². The number of rotatable bonds is 7. The second-order valence-electron chi connectivity index (χ2n) is 4.43. The monoisotopic (exact) mass is 185 g/mol. The Bertz CT molecular complexity index is 132. The molecular weight excluding hydrogens is 162 g/mol. The molecule has 0 spiro atoms. The third-order valence-electron chi connectivity index (χ3n) is 2.41. The Labute approximate surface area is 82.0 Å². The van der Waals surface area contributed by atoms with E-state index >= 15 is 0 Å². The van der Waals surface area contributed by atoms with Gasteiger partial charge < -0.3 is 10.1 Å². The van der Waals surface area contributed by atoms with E-state index in [1.807, 2.05) is 0 Å². The Hall–Kier alpha value is -0.0800. The first-order valence-electron chi connectivity index (χ1n) is 5.55. The summed E-state index contributed by atoms with van der Waals surface area (Å²) in [5.74, 6) is 1.55. The van der Waals surface area contributed by atoms with Crippen molar-refractivity contribution in [3.63, 3.8) is 0 Å². The molecule has 1 unspecified atom stereocenters. The van der Waals surface area contributed by atoms with Crippen LogP contribution < -0.4 is 5.32 Å². The molecule has 0 aromatic rings. The van der Waals surface area contributed by atoms with Gasteiger partial charge in [0.1, 0.15) is 0 Å². The van der Waals surface area contributed by atoms with E-state index in [1.54, 1.807) is 0 Å². The van der Waals surface area contributed by atoms with Crippen molar-refractivity contribution >= 4 is 0 Å². The van der Waals surface area contributed by atoms with Crippen LogP contribution in [0.15, 0.2) is 0 Å². The van der Waals surface area contributed by atoms with Gasteiger partial charge in [0.15, 0.2) is 0 Å². The average molecular weight is 185 g/mol. The largest absolute Gasteiger partial charge is 0.380 e. The second kappa shape index (κ2) is 5.61. The molecule has 0 amide bonds. The minimum atomic E-state index is 0.615. The predicted octanol–water partition coefficient (Wildman–Crippen LogP) is 2.05. The van der Waals surface area contributed by atoms with Gasteiger partial charge in [-0.3, -0.25) is 0 Å². The lowest BCUT2D eigenvalue weighted by Crippen LogP contribution is -2.35. The van der Waals surface area contributed by atoms with Crippen molar-refractivity contribution in [2.24, 2.45) is 11.8 Å². The topological polar surface area (TPSA) is 21.3 Å². The standard InChI is InChI=1S/C11H23NO/c1-4-12-11(10-5-6-10)8-13-7-9(2)3/h9-12H,4-8H2,1-3H3. The molecule has 1 aliphatic rings. The summed E-state index contributed by atoms with van der Waals surface area (Å²) in [5, 5.41) is 3.49. The SMILES string of the molecule is CCNC(COCC(C)C)C1CC1. The van der Waals surface area contributed by atoms with Gasteiger partial charge in [0.2, 0.25) is 0 Å². The molecule has 1 aliphatic carbocycles. The maximum atomic E-state index is 5.65. The molecule has 1 N–H and O–H groups in total. The van der Waals surface area contributed by atoms with Gasteiger partial charge in [0.05, 0.1) is 6.61 Å². The number of likely N-dealkylation sites (N-methyl/N-ethyl adjacent to an activating group) is 1. The molecule has 13 heavy (non-hydrogen) atoms. The van der Waals surface area contributed by atoms with Crippen molar-refractivity contribution in [2.75, 3.05) is 19.8 Å². The van der Waals surface area contributed by atoms with E-state index in [1.165, 1.54) is 12.8 Å². The van der Waals surface area contributed by atoms with Crippen LogP contribution in [0, 0.1) is 11.8 Å². The van der Waals surface area contributed by atoms with Crippen molar-refractivity contribution in [3.8, 4) is 0 Å². The molecule has 0 radical (unpaired) electrons. The number of hydrogen-bond acceptors (Lipinski definition) is 2. The lowest BCUT2D eigenvalue weighted by atomic mass is 10.2. The van der Waals surface area contributed by atoms with Crippen LogP contribution in [0.2, 0.25) is 0 Å². The van der Waals surface area contributed by atoms with Gasteiger partial charge in [-0.15, -0.1) is 0 Å². The Morgan fingerprint density at radius 1 is 1.31 bits per heavy atom. The molecule has 2 nitrogen and oxygen atoms in total. The highest BCUT2D eigenvalue weighted by molar-refractivity contribution is 4.85.